The van der Waals surface area contributed by atoms with E-state index >= 15 is 0 Å². The molecule has 0 amide bonds. The van der Waals surface area contributed by atoms with Crippen molar-refractivity contribution >= 4 is 0 Å². The molecule has 3 N–H and O–H groups in total. The largest absolute Gasteiger partial charge is 0.405 e. The number of nitrogens with two attached hydrogens (primary N) is 1. The molecule has 2 unspecified atom stereocenters. The number of nitrogens with zero attached hydrogens (tertiary/aromatic N) is 1. The average molecular weight is 256 g/mol. The third-order valence-electron chi connectivity index (χ3n) is 2.60. The van der Waals surface area contributed by atoms with Crippen molar-refractivity contribution in [1.29, 1.82) is 0 Å². The molecule has 0 bridgehead atoms. The van der Waals surface area contributed by atoms with E-state index in [4.69, 9.17) is 5.73 Å². The molecule has 0 aromatic carbocycles. The third kappa shape index (κ3) is 5.70. The summed E-state index contributed by atoms with van der Waals surface area (Å²) in [4.78, 5) is 1.19. The van der Waals surface area contributed by atoms with E-state index in [0.717, 1.165) is 0 Å². The fourth-order valence-corrected chi connectivity index (χ4v) is 1.85. The first kappa shape index (κ1) is 16.7. The van der Waals surface area contributed by atoms with Gasteiger partial charge < -0.3 is 10.8 Å². The van der Waals surface area contributed by atoms with Gasteiger partial charge in [-0.1, -0.05) is 13.8 Å². The van der Waals surface area contributed by atoms with E-state index in [0.29, 0.717) is 0 Å². The average Bonchev–Trinajstić information content (AvgIpc) is 2.12. The van der Waals surface area contributed by atoms with Gasteiger partial charge in [-0.15, -0.1) is 0 Å². The molecule has 6 heteroatoms. The van der Waals surface area contributed by atoms with Crippen LogP contribution in [0.2, 0.25) is 0 Å². The summed E-state index contributed by atoms with van der Waals surface area (Å²) in [5.41, 5.74) is 4.38. The number of rotatable bonds is 6. The van der Waals surface area contributed by atoms with E-state index in [9.17, 15) is 18.3 Å². The van der Waals surface area contributed by atoms with Crippen molar-refractivity contribution in [2.24, 2.45) is 5.73 Å². The van der Waals surface area contributed by atoms with Gasteiger partial charge in [0.15, 0.2) is 0 Å². The van der Waals surface area contributed by atoms with Crippen LogP contribution in [0.3, 0.4) is 0 Å². The van der Waals surface area contributed by atoms with Crippen molar-refractivity contribution < 1.29 is 18.3 Å². The van der Waals surface area contributed by atoms with Crippen LogP contribution in [0.25, 0.3) is 0 Å². The maximum Gasteiger partial charge on any atom is 0.405 e. The SMILES string of the molecule is CCC(N)C(N(CC)CC(C)(C)O)C(F)(F)F. The Kier molecular flexibility index (Phi) is 5.90. The highest BCUT2D eigenvalue weighted by atomic mass is 19.4. The van der Waals surface area contributed by atoms with Crippen LogP contribution in [-0.2, 0) is 0 Å². The molecule has 0 aliphatic rings. The van der Waals surface area contributed by atoms with E-state index in [1.54, 1.807) is 13.8 Å². The minimum absolute atomic E-state index is 0.0542. The van der Waals surface area contributed by atoms with Crippen molar-refractivity contribution in [3.63, 3.8) is 0 Å². The van der Waals surface area contributed by atoms with Crippen LogP contribution in [0.5, 0.6) is 0 Å². The van der Waals surface area contributed by atoms with Crippen molar-refractivity contribution in [3.05, 3.63) is 0 Å². The predicted molar refractivity (Wildman–Crippen MR) is 61.7 cm³/mol. The smallest absolute Gasteiger partial charge is 0.389 e. The van der Waals surface area contributed by atoms with Gasteiger partial charge in [0.2, 0.25) is 0 Å². The zero-order chi connectivity index (χ0) is 13.9. The Morgan fingerprint density at radius 2 is 1.71 bits per heavy atom. The molecule has 0 rings (SSSR count). The molecule has 0 saturated heterocycles. The van der Waals surface area contributed by atoms with Gasteiger partial charge in [0.05, 0.1) is 5.60 Å². The lowest BCUT2D eigenvalue weighted by molar-refractivity contribution is -0.194. The summed E-state index contributed by atoms with van der Waals surface area (Å²) in [6.45, 7) is 6.37. The molecule has 0 radical (unpaired) electrons. The van der Waals surface area contributed by atoms with Gasteiger partial charge in [0.1, 0.15) is 6.04 Å². The Labute approximate surface area is 101 Å². The first-order valence-electron chi connectivity index (χ1n) is 5.81. The molecule has 0 aromatic heterocycles. The molecule has 0 fully saturated rings. The van der Waals surface area contributed by atoms with E-state index in [1.165, 1.54) is 18.7 Å². The molecule has 104 valence electrons. The molecule has 0 saturated carbocycles. The molecule has 0 spiro atoms. The number of alkyl halides is 3. The second kappa shape index (κ2) is 6.02. The lowest BCUT2D eigenvalue weighted by atomic mass is 10.0. The Balaban J connectivity index is 4.99. The van der Waals surface area contributed by atoms with E-state index in [-0.39, 0.29) is 19.5 Å². The molecule has 0 aliphatic heterocycles. The lowest BCUT2D eigenvalue weighted by Gasteiger charge is -2.38. The molecule has 0 heterocycles. The zero-order valence-corrected chi connectivity index (χ0v) is 10.9. The van der Waals surface area contributed by atoms with Crippen LogP contribution < -0.4 is 5.73 Å². The number of likely N-dealkylation sites (N-methyl/N-ethyl adjacent to an activating group) is 1. The second-order valence-corrected chi connectivity index (χ2v) is 4.93. The first-order valence-corrected chi connectivity index (χ1v) is 5.81. The van der Waals surface area contributed by atoms with Gasteiger partial charge in [-0.3, -0.25) is 4.90 Å². The molecule has 0 aliphatic carbocycles. The minimum atomic E-state index is -4.38. The summed E-state index contributed by atoms with van der Waals surface area (Å²) in [6, 6.07) is -2.68. The summed E-state index contributed by atoms with van der Waals surface area (Å²) < 4.78 is 38.9. The van der Waals surface area contributed by atoms with E-state index < -0.39 is 23.9 Å². The maximum absolute atomic E-state index is 13.0. The summed E-state index contributed by atoms with van der Waals surface area (Å²) in [5.74, 6) is 0. The quantitative estimate of drug-likeness (QED) is 0.761. The highest BCUT2D eigenvalue weighted by Crippen LogP contribution is 2.28. The standard InChI is InChI=1S/C11H23F3N2O/c1-5-8(15)9(11(12,13)14)16(6-2)7-10(3,4)17/h8-9,17H,5-7,15H2,1-4H3. The van der Waals surface area contributed by atoms with Crippen LogP contribution in [0.4, 0.5) is 13.2 Å². The van der Waals surface area contributed by atoms with Gasteiger partial charge in [0, 0.05) is 12.6 Å². The van der Waals surface area contributed by atoms with Gasteiger partial charge in [-0.05, 0) is 26.8 Å². The molecular formula is C11H23F3N2O. The van der Waals surface area contributed by atoms with Crippen molar-refractivity contribution in [3.8, 4) is 0 Å². The summed E-state index contributed by atoms with van der Waals surface area (Å²) in [7, 11) is 0. The summed E-state index contributed by atoms with van der Waals surface area (Å²) >= 11 is 0. The van der Waals surface area contributed by atoms with Crippen LogP contribution in [0, 0.1) is 0 Å². The monoisotopic (exact) mass is 256 g/mol. The highest BCUT2D eigenvalue weighted by molar-refractivity contribution is 4.89. The Hall–Kier alpha value is -0.330. The maximum atomic E-state index is 13.0. The molecule has 0 aromatic rings. The van der Waals surface area contributed by atoms with Gasteiger partial charge in [-0.25, -0.2) is 0 Å². The van der Waals surface area contributed by atoms with Gasteiger partial charge in [-0.2, -0.15) is 13.2 Å². The van der Waals surface area contributed by atoms with Crippen LogP contribution in [0.1, 0.15) is 34.1 Å². The van der Waals surface area contributed by atoms with Crippen LogP contribution in [-0.4, -0.2) is 47.0 Å². The summed E-state index contributed by atoms with van der Waals surface area (Å²) in [6.07, 6.45) is -4.14. The van der Waals surface area contributed by atoms with E-state index in [2.05, 4.69) is 0 Å². The Morgan fingerprint density at radius 1 is 1.24 bits per heavy atom. The topological polar surface area (TPSA) is 49.5 Å². The molecule has 17 heavy (non-hydrogen) atoms. The minimum Gasteiger partial charge on any atom is -0.389 e. The molecular weight excluding hydrogens is 233 g/mol. The third-order valence-corrected chi connectivity index (χ3v) is 2.60. The fraction of sp³-hybridized carbons (Fsp3) is 1.00. The summed E-state index contributed by atoms with van der Waals surface area (Å²) in [5, 5.41) is 9.64. The number of aliphatic hydroxyl groups is 1. The number of hydrogen-bond acceptors (Lipinski definition) is 3. The van der Waals surface area contributed by atoms with Crippen molar-refractivity contribution in [2.75, 3.05) is 13.1 Å². The number of hydrogen-bond donors (Lipinski definition) is 2. The Morgan fingerprint density at radius 3 is 1.94 bits per heavy atom. The van der Waals surface area contributed by atoms with Crippen molar-refractivity contribution in [2.45, 2.75) is 58.0 Å². The first-order chi connectivity index (χ1) is 7.53. The second-order valence-electron chi connectivity index (χ2n) is 4.93. The van der Waals surface area contributed by atoms with Crippen molar-refractivity contribution in [1.82, 2.24) is 4.90 Å². The normalized spacial score (nSPS) is 17.3. The van der Waals surface area contributed by atoms with E-state index in [1.807, 2.05) is 0 Å². The van der Waals surface area contributed by atoms with Crippen LogP contribution in [0.15, 0.2) is 0 Å². The van der Waals surface area contributed by atoms with Gasteiger partial charge >= 0.3 is 6.18 Å². The highest BCUT2D eigenvalue weighted by Gasteiger charge is 2.46. The fourth-order valence-electron chi connectivity index (χ4n) is 1.85. The zero-order valence-electron chi connectivity index (χ0n) is 10.9. The predicted octanol–water partition coefficient (Wildman–Crippen LogP) is 1.75. The van der Waals surface area contributed by atoms with Crippen LogP contribution >= 0.6 is 0 Å². The molecule has 2 atom stereocenters. The van der Waals surface area contributed by atoms with Gasteiger partial charge in [0.25, 0.3) is 0 Å². The lowest BCUT2D eigenvalue weighted by Crippen LogP contribution is -2.58. The Bertz CT molecular complexity index is 226. The number of halogens is 3. The molecule has 3 nitrogen and oxygen atoms in total.